The van der Waals surface area contributed by atoms with Gasteiger partial charge in [-0.25, -0.2) is 9.78 Å². The molecule has 84 valence electrons. The van der Waals surface area contributed by atoms with Gasteiger partial charge in [-0.05, 0) is 26.0 Å². The molecular weight excluding hydrogens is 206 g/mol. The molecule has 0 saturated carbocycles. The number of carbonyl (C=O) groups is 1. The van der Waals surface area contributed by atoms with Crippen molar-refractivity contribution in [2.24, 2.45) is 0 Å². The summed E-state index contributed by atoms with van der Waals surface area (Å²) >= 11 is 0. The van der Waals surface area contributed by atoms with E-state index in [1.165, 1.54) is 0 Å². The van der Waals surface area contributed by atoms with Crippen LogP contribution in [-0.2, 0) is 4.74 Å². The maximum atomic E-state index is 11.3. The highest BCUT2D eigenvalue weighted by Gasteiger charge is 2.11. The predicted molar refractivity (Wildman–Crippen MR) is 60.6 cm³/mol. The Morgan fingerprint density at radius 3 is 3.12 bits per heavy atom. The van der Waals surface area contributed by atoms with Gasteiger partial charge in [-0.2, -0.15) is 0 Å². The normalized spacial score (nSPS) is 10.4. The molecule has 2 rings (SSSR count). The molecule has 5 nitrogen and oxygen atoms in total. The van der Waals surface area contributed by atoms with Crippen LogP contribution in [0, 0.1) is 6.92 Å². The quantitative estimate of drug-likeness (QED) is 0.842. The first-order valence-electron chi connectivity index (χ1n) is 5.10. The summed E-state index contributed by atoms with van der Waals surface area (Å²) in [5.41, 5.74) is 1.56. The van der Waals surface area contributed by atoms with Gasteiger partial charge in [-0.3, -0.25) is 9.72 Å². The van der Waals surface area contributed by atoms with Crippen molar-refractivity contribution >= 4 is 17.6 Å². The fourth-order valence-corrected chi connectivity index (χ4v) is 1.53. The van der Waals surface area contributed by atoms with E-state index in [0.29, 0.717) is 12.4 Å². The first-order chi connectivity index (χ1) is 7.72. The molecule has 0 aromatic carbocycles. The van der Waals surface area contributed by atoms with Crippen molar-refractivity contribution in [1.29, 1.82) is 0 Å². The maximum absolute atomic E-state index is 11.3. The van der Waals surface area contributed by atoms with E-state index in [1.807, 2.05) is 35.7 Å². The third-order valence-electron chi connectivity index (χ3n) is 2.20. The van der Waals surface area contributed by atoms with Crippen LogP contribution in [0.3, 0.4) is 0 Å². The third-order valence-corrected chi connectivity index (χ3v) is 2.20. The van der Waals surface area contributed by atoms with E-state index in [9.17, 15) is 4.79 Å². The Balaban J connectivity index is 2.36. The highest BCUT2D eigenvalue weighted by Crippen LogP contribution is 2.16. The Bertz CT molecular complexity index is 519. The van der Waals surface area contributed by atoms with Crippen molar-refractivity contribution in [3.63, 3.8) is 0 Å². The number of carbonyl (C=O) groups excluding carboxylic acids is 1. The highest BCUT2D eigenvalue weighted by molar-refractivity contribution is 5.85. The number of hydrogen-bond acceptors (Lipinski definition) is 3. The number of rotatable bonds is 2. The Labute approximate surface area is 93.1 Å². The smallest absolute Gasteiger partial charge is 0.412 e. The zero-order valence-corrected chi connectivity index (χ0v) is 9.23. The summed E-state index contributed by atoms with van der Waals surface area (Å²) in [6.07, 6.45) is 1.38. The van der Waals surface area contributed by atoms with Crippen LogP contribution in [0.15, 0.2) is 24.4 Å². The van der Waals surface area contributed by atoms with E-state index in [-0.39, 0.29) is 0 Å². The molecule has 2 heterocycles. The van der Waals surface area contributed by atoms with Gasteiger partial charge in [-0.1, -0.05) is 6.07 Å². The summed E-state index contributed by atoms with van der Waals surface area (Å²) in [7, 11) is 0. The summed E-state index contributed by atoms with van der Waals surface area (Å²) in [5.74, 6) is 0.647. The molecule has 0 fully saturated rings. The molecule has 0 spiro atoms. The van der Waals surface area contributed by atoms with Gasteiger partial charge >= 0.3 is 6.09 Å². The lowest BCUT2D eigenvalue weighted by molar-refractivity contribution is 0.167. The highest BCUT2D eigenvalue weighted by atomic mass is 16.5. The SMILES string of the molecule is CCOC(=O)Nc1c(C)nc2ccccn12. The molecule has 0 aliphatic rings. The number of nitrogens with zero attached hydrogens (tertiary/aromatic N) is 2. The van der Waals surface area contributed by atoms with Crippen molar-refractivity contribution in [3.05, 3.63) is 30.1 Å². The molecule has 1 amide bonds. The van der Waals surface area contributed by atoms with Crippen LogP contribution >= 0.6 is 0 Å². The van der Waals surface area contributed by atoms with Crippen LogP contribution in [-0.4, -0.2) is 22.1 Å². The number of fused-ring (bicyclic) bond motifs is 1. The molecule has 1 N–H and O–H groups in total. The standard InChI is InChI=1S/C11H13N3O2/c1-3-16-11(15)13-10-8(2)12-9-6-4-5-7-14(9)10/h4-7H,3H2,1-2H3,(H,13,15). The number of anilines is 1. The second-order valence-electron chi connectivity index (χ2n) is 3.32. The molecule has 0 aliphatic heterocycles. The van der Waals surface area contributed by atoms with Gasteiger partial charge in [0.25, 0.3) is 0 Å². The van der Waals surface area contributed by atoms with Gasteiger partial charge in [-0.15, -0.1) is 0 Å². The first kappa shape index (κ1) is 10.5. The summed E-state index contributed by atoms with van der Waals surface area (Å²) < 4.78 is 6.64. The number of imidazole rings is 1. The van der Waals surface area contributed by atoms with Crippen LogP contribution in [0.4, 0.5) is 10.6 Å². The molecule has 16 heavy (non-hydrogen) atoms. The number of ether oxygens (including phenoxy) is 1. The molecular formula is C11H13N3O2. The summed E-state index contributed by atoms with van der Waals surface area (Å²) in [4.78, 5) is 15.7. The Hall–Kier alpha value is -2.04. The zero-order valence-electron chi connectivity index (χ0n) is 9.23. The third kappa shape index (κ3) is 1.84. The average Bonchev–Trinajstić information content (AvgIpc) is 2.56. The lowest BCUT2D eigenvalue weighted by Gasteiger charge is -2.05. The van der Waals surface area contributed by atoms with E-state index >= 15 is 0 Å². The van der Waals surface area contributed by atoms with Crippen molar-refractivity contribution < 1.29 is 9.53 Å². The number of pyridine rings is 1. The predicted octanol–water partition coefficient (Wildman–Crippen LogP) is 2.21. The van der Waals surface area contributed by atoms with Crippen molar-refractivity contribution in [1.82, 2.24) is 9.38 Å². The number of aryl methyl sites for hydroxylation is 1. The monoisotopic (exact) mass is 219 g/mol. The fraction of sp³-hybridized carbons (Fsp3) is 0.273. The first-order valence-corrected chi connectivity index (χ1v) is 5.10. The summed E-state index contributed by atoms with van der Waals surface area (Å²) in [5, 5.41) is 2.67. The Kier molecular flexibility index (Phi) is 2.76. The van der Waals surface area contributed by atoms with Gasteiger partial charge < -0.3 is 4.74 Å². The lowest BCUT2D eigenvalue weighted by atomic mass is 10.4. The van der Waals surface area contributed by atoms with Crippen LogP contribution in [0.1, 0.15) is 12.6 Å². The minimum atomic E-state index is -0.462. The number of nitrogens with one attached hydrogen (secondary N) is 1. The van der Waals surface area contributed by atoms with Crippen LogP contribution in [0.25, 0.3) is 5.65 Å². The molecule has 0 bridgehead atoms. The summed E-state index contributed by atoms with van der Waals surface area (Å²) in [6.45, 7) is 3.96. The molecule has 0 atom stereocenters. The van der Waals surface area contributed by atoms with Gasteiger partial charge in [0.05, 0.1) is 12.3 Å². The lowest BCUT2D eigenvalue weighted by Crippen LogP contribution is -2.15. The number of amides is 1. The van der Waals surface area contributed by atoms with E-state index in [2.05, 4.69) is 10.3 Å². The molecule has 5 heteroatoms. The number of hydrogen-bond donors (Lipinski definition) is 1. The van der Waals surface area contributed by atoms with Gasteiger partial charge in [0.15, 0.2) is 0 Å². The van der Waals surface area contributed by atoms with E-state index < -0.39 is 6.09 Å². The molecule has 0 saturated heterocycles. The second kappa shape index (κ2) is 4.22. The van der Waals surface area contributed by atoms with Gasteiger partial charge in [0.1, 0.15) is 11.5 Å². The Morgan fingerprint density at radius 1 is 1.56 bits per heavy atom. The van der Waals surface area contributed by atoms with E-state index in [4.69, 9.17) is 4.74 Å². The van der Waals surface area contributed by atoms with E-state index in [1.54, 1.807) is 6.92 Å². The van der Waals surface area contributed by atoms with E-state index in [0.717, 1.165) is 11.3 Å². The minimum absolute atomic E-state index is 0.349. The second-order valence-corrected chi connectivity index (χ2v) is 3.32. The molecule has 0 aliphatic carbocycles. The van der Waals surface area contributed by atoms with Crippen LogP contribution in [0.2, 0.25) is 0 Å². The molecule has 2 aromatic rings. The van der Waals surface area contributed by atoms with Gasteiger partial charge in [0.2, 0.25) is 0 Å². The molecule has 0 unspecified atom stereocenters. The minimum Gasteiger partial charge on any atom is -0.450 e. The molecule has 2 aromatic heterocycles. The zero-order chi connectivity index (χ0) is 11.5. The van der Waals surface area contributed by atoms with Crippen LogP contribution < -0.4 is 5.32 Å². The van der Waals surface area contributed by atoms with Crippen LogP contribution in [0.5, 0.6) is 0 Å². The fourth-order valence-electron chi connectivity index (χ4n) is 1.53. The van der Waals surface area contributed by atoms with Crippen molar-refractivity contribution in [2.75, 3.05) is 11.9 Å². The van der Waals surface area contributed by atoms with Crippen molar-refractivity contribution in [3.8, 4) is 0 Å². The number of aromatic nitrogens is 2. The topological polar surface area (TPSA) is 55.6 Å². The summed E-state index contributed by atoms with van der Waals surface area (Å²) in [6, 6.07) is 5.66. The largest absolute Gasteiger partial charge is 0.450 e. The van der Waals surface area contributed by atoms with Gasteiger partial charge in [0, 0.05) is 6.20 Å². The Morgan fingerprint density at radius 2 is 2.38 bits per heavy atom. The van der Waals surface area contributed by atoms with Crippen molar-refractivity contribution in [2.45, 2.75) is 13.8 Å². The average molecular weight is 219 g/mol. The molecule has 0 radical (unpaired) electrons. The maximum Gasteiger partial charge on any atom is 0.412 e.